The number of nitrogens with zero attached hydrogens (tertiary/aromatic N) is 2. The van der Waals surface area contributed by atoms with E-state index in [2.05, 4.69) is 25.9 Å². The Morgan fingerprint density at radius 1 is 1.21 bits per heavy atom. The van der Waals surface area contributed by atoms with Crippen LogP contribution in [0.5, 0.6) is 5.88 Å². The van der Waals surface area contributed by atoms with E-state index < -0.39 is 5.41 Å². The van der Waals surface area contributed by atoms with Crippen LogP contribution in [-0.2, 0) is 10.2 Å². The fourth-order valence-electron chi connectivity index (χ4n) is 2.04. The first-order valence-electron chi connectivity index (χ1n) is 8.00. The van der Waals surface area contributed by atoms with E-state index in [1.165, 1.54) is 0 Å². The predicted octanol–water partition coefficient (Wildman–Crippen LogP) is 4.65. The molecule has 0 unspecified atom stereocenters. The van der Waals surface area contributed by atoms with E-state index in [1.807, 2.05) is 37.3 Å². The molecule has 0 aliphatic carbocycles. The highest BCUT2D eigenvalue weighted by molar-refractivity contribution is 6.19. The van der Waals surface area contributed by atoms with Gasteiger partial charge in [-0.2, -0.15) is 5.10 Å². The lowest BCUT2D eigenvalue weighted by molar-refractivity contribution is -0.143. The Morgan fingerprint density at radius 3 is 2.42 bits per heavy atom. The Bertz CT molecular complexity index is 742. The Morgan fingerprint density at radius 2 is 1.88 bits per heavy atom. The lowest BCUT2D eigenvalue weighted by Gasteiger charge is -2.19. The number of carbonyl (C=O) groups excluding carboxylic acids is 1. The molecule has 0 bridgehead atoms. The Hall–Kier alpha value is -1.81. The highest BCUT2D eigenvalue weighted by Gasteiger charge is 2.31. The highest BCUT2D eigenvalue weighted by Crippen LogP contribution is 2.29. The van der Waals surface area contributed by atoms with Crippen molar-refractivity contribution in [1.29, 1.82) is 0 Å². The van der Waals surface area contributed by atoms with Gasteiger partial charge in [-0.25, -0.2) is 4.68 Å². The minimum atomic E-state index is -0.759. The van der Waals surface area contributed by atoms with Gasteiger partial charge in [-0.3, -0.25) is 4.79 Å². The number of esters is 1. The van der Waals surface area contributed by atoms with Crippen molar-refractivity contribution >= 4 is 17.6 Å². The molecular weight excluding hydrogens is 324 g/mol. The van der Waals surface area contributed by atoms with E-state index in [0.29, 0.717) is 5.88 Å². The summed E-state index contributed by atoms with van der Waals surface area (Å²) in [5.74, 6) is 0.233. The summed E-state index contributed by atoms with van der Waals surface area (Å²) in [6, 6.07) is 9.74. The first kappa shape index (κ1) is 18.5. The molecule has 0 fully saturated rings. The third-order valence-corrected chi connectivity index (χ3v) is 4.44. The van der Waals surface area contributed by atoms with Crippen LogP contribution in [0.15, 0.2) is 30.3 Å². The molecule has 1 heterocycles. The van der Waals surface area contributed by atoms with Crippen LogP contribution in [0.3, 0.4) is 0 Å². The van der Waals surface area contributed by atoms with Crippen molar-refractivity contribution in [3.63, 3.8) is 0 Å². The summed E-state index contributed by atoms with van der Waals surface area (Å²) in [5, 5.41) is 4.66. The van der Waals surface area contributed by atoms with Crippen molar-refractivity contribution in [3.05, 3.63) is 41.6 Å². The number of rotatable bonds is 4. The number of ether oxygens (including phenoxy) is 1. The molecule has 1 aromatic carbocycles. The van der Waals surface area contributed by atoms with Gasteiger partial charge in [0.25, 0.3) is 0 Å². The molecule has 0 aliphatic heterocycles. The van der Waals surface area contributed by atoms with Crippen molar-refractivity contribution < 1.29 is 9.53 Å². The molecule has 0 aliphatic rings. The van der Waals surface area contributed by atoms with Gasteiger partial charge < -0.3 is 4.74 Å². The molecule has 5 heteroatoms. The molecule has 0 saturated heterocycles. The maximum atomic E-state index is 12.4. The summed E-state index contributed by atoms with van der Waals surface area (Å²) in [4.78, 5) is 12.4. The minimum Gasteiger partial charge on any atom is -0.407 e. The van der Waals surface area contributed by atoms with Crippen LogP contribution in [-0.4, -0.2) is 21.6 Å². The van der Waals surface area contributed by atoms with Gasteiger partial charge in [0.1, 0.15) is 0 Å². The Balaban J connectivity index is 2.49. The highest BCUT2D eigenvalue weighted by atomic mass is 35.5. The van der Waals surface area contributed by atoms with E-state index in [0.717, 1.165) is 16.9 Å². The number of hydrogen-bond donors (Lipinski definition) is 0. The topological polar surface area (TPSA) is 44.1 Å². The fraction of sp³-hybridized carbons (Fsp3) is 0.474. The molecule has 24 heavy (non-hydrogen) atoms. The number of aromatic nitrogens is 2. The summed E-state index contributed by atoms with van der Waals surface area (Å²) in [6.45, 7) is 11.8. The second-order valence-electron chi connectivity index (χ2n) is 7.78. The number of alkyl halides is 1. The van der Waals surface area contributed by atoms with E-state index in [9.17, 15) is 4.79 Å². The van der Waals surface area contributed by atoms with Gasteiger partial charge in [-0.15, -0.1) is 11.6 Å². The zero-order valence-electron chi connectivity index (χ0n) is 15.2. The summed E-state index contributed by atoms with van der Waals surface area (Å²) in [6.07, 6.45) is 0. The lowest BCUT2D eigenvalue weighted by atomic mass is 9.92. The first-order valence-corrected chi connectivity index (χ1v) is 8.54. The SMILES string of the molecule is Cc1cccc(-n2nc(C(C)(C)C)cc2OC(=O)C(C)(C)CCl)c1. The van der Waals surface area contributed by atoms with Crippen molar-refractivity contribution in [2.24, 2.45) is 5.41 Å². The number of hydrogen-bond acceptors (Lipinski definition) is 3. The zero-order valence-corrected chi connectivity index (χ0v) is 15.9. The van der Waals surface area contributed by atoms with Crippen LogP contribution in [0.1, 0.15) is 45.9 Å². The van der Waals surface area contributed by atoms with Crippen molar-refractivity contribution in [2.45, 2.75) is 47.0 Å². The van der Waals surface area contributed by atoms with Crippen LogP contribution < -0.4 is 4.74 Å². The third-order valence-electron chi connectivity index (χ3n) is 3.78. The van der Waals surface area contributed by atoms with E-state index in [1.54, 1.807) is 18.5 Å². The van der Waals surface area contributed by atoms with Gasteiger partial charge >= 0.3 is 5.97 Å². The quantitative estimate of drug-likeness (QED) is 0.596. The molecule has 4 nitrogen and oxygen atoms in total. The van der Waals surface area contributed by atoms with E-state index in [4.69, 9.17) is 16.3 Å². The zero-order chi connectivity index (χ0) is 18.1. The van der Waals surface area contributed by atoms with E-state index in [-0.39, 0.29) is 17.3 Å². The summed E-state index contributed by atoms with van der Waals surface area (Å²) < 4.78 is 7.32. The Kier molecular flexibility index (Phi) is 5.09. The van der Waals surface area contributed by atoms with Gasteiger partial charge in [0.2, 0.25) is 5.88 Å². The molecule has 0 N–H and O–H groups in total. The normalized spacial score (nSPS) is 12.3. The maximum absolute atomic E-state index is 12.4. The van der Waals surface area contributed by atoms with Crippen LogP contribution in [0.2, 0.25) is 0 Å². The second kappa shape index (κ2) is 6.60. The molecule has 2 aromatic rings. The molecule has 0 atom stereocenters. The average molecular weight is 349 g/mol. The molecule has 2 rings (SSSR count). The van der Waals surface area contributed by atoms with Crippen molar-refractivity contribution in [1.82, 2.24) is 9.78 Å². The minimum absolute atomic E-state index is 0.155. The van der Waals surface area contributed by atoms with Crippen LogP contribution >= 0.6 is 11.6 Å². The van der Waals surface area contributed by atoms with Gasteiger partial charge in [0.05, 0.1) is 16.8 Å². The van der Waals surface area contributed by atoms with Gasteiger partial charge in [-0.05, 0) is 38.5 Å². The third kappa shape index (κ3) is 3.99. The summed E-state index contributed by atoms with van der Waals surface area (Å²) >= 11 is 5.89. The molecule has 1 aromatic heterocycles. The fourth-order valence-corrected chi connectivity index (χ4v) is 2.14. The average Bonchev–Trinajstić information content (AvgIpc) is 2.91. The van der Waals surface area contributed by atoms with Crippen LogP contribution in [0, 0.1) is 12.3 Å². The number of aryl methyl sites for hydroxylation is 1. The maximum Gasteiger partial charge on any atom is 0.319 e. The van der Waals surface area contributed by atoms with Crippen molar-refractivity contribution in [3.8, 4) is 11.6 Å². The van der Waals surface area contributed by atoms with Gasteiger partial charge in [0, 0.05) is 17.4 Å². The smallest absolute Gasteiger partial charge is 0.319 e. The lowest BCUT2D eigenvalue weighted by Crippen LogP contribution is -2.31. The standard InChI is InChI=1S/C19H25ClN2O2/c1-13-8-7-9-14(10-13)22-16(11-15(21-22)18(2,3)4)24-17(23)19(5,6)12-20/h7-11H,12H2,1-6H3. The molecule has 0 radical (unpaired) electrons. The molecule has 0 saturated carbocycles. The Labute approximate surface area is 148 Å². The largest absolute Gasteiger partial charge is 0.407 e. The predicted molar refractivity (Wildman–Crippen MR) is 97.1 cm³/mol. The van der Waals surface area contributed by atoms with Crippen LogP contribution in [0.25, 0.3) is 5.69 Å². The molecule has 0 amide bonds. The number of benzene rings is 1. The molecule has 130 valence electrons. The summed E-state index contributed by atoms with van der Waals surface area (Å²) in [5.41, 5.74) is 1.91. The van der Waals surface area contributed by atoms with Crippen LogP contribution in [0.4, 0.5) is 0 Å². The van der Waals surface area contributed by atoms with Crippen molar-refractivity contribution in [2.75, 3.05) is 5.88 Å². The molecule has 0 spiro atoms. The number of halogens is 1. The summed E-state index contributed by atoms with van der Waals surface area (Å²) in [7, 11) is 0. The van der Waals surface area contributed by atoms with E-state index >= 15 is 0 Å². The first-order chi connectivity index (χ1) is 11.0. The van der Waals surface area contributed by atoms with Gasteiger partial charge in [-0.1, -0.05) is 32.9 Å². The number of carbonyl (C=O) groups is 1. The second-order valence-corrected chi connectivity index (χ2v) is 8.04. The molecular formula is C19H25ClN2O2. The van der Waals surface area contributed by atoms with Gasteiger partial charge in [0.15, 0.2) is 0 Å². The monoisotopic (exact) mass is 348 g/mol.